The summed E-state index contributed by atoms with van der Waals surface area (Å²) in [7, 11) is 0. The number of hydrogen-bond donors (Lipinski definition) is 0. The Morgan fingerprint density at radius 2 is 0.800 bits per heavy atom. The molecule has 0 amide bonds. The number of benzene rings is 9. The molecule has 0 aliphatic heterocycles. The molecule has 0 unspecified atom stereocenters. The molecule has 0 bridgehead atoms. The SMILES string of the molecule is CC1(C)c2cc(-c3ccccc3)ccc2-c2ccc(C(c3cccc(-c4cccc5c4oc4ccccc45)c3)c3cccc(-c4cccc5c4oc4ccccc45)c3)cc21. The Balaban J connectivity index is 1.03. The van der Waals surface area contributed by atoms with Gasteiger partial charge in [0.05, 0.1) is 0 Å². The smallest absolute Gasteiger partial charge is 0.143 e. The van der Waals surface area contributed by atoms with Crippen molar-refractivity contribution in [3.8, 4) is 44.5 Å². The van der Waals surface area contributed by atoms with Gasteiger partial charge in [0.25, 0.3) is 0 Å². The van der Waals surface area contributed by atoms with E-state index in [1.165, 1.54) is 50.1 Å². The maximum Gasteiger partial charge on any atom is 0.143 e. The van der Waals surface area contributed by atoms with Crippen LogP contribution in [-0.4, -0.2) is 0 Å². The predicted octanol–water partition coefficient (Wildman–Crippen LogP) is 16.0. The molecule has 0 atom stereocenters. The molecule has 0 N–H and O–H groups in total. The molecule has 1 aliphatic rings. The van der Waals surface area contributed by atoms with Gasteiger partial charge in [-0.1, -0.05) is 196 Å². The Hall–Kier alpha value is -7.42. The summed E-state index contributed by atoms with van der Waals surface area (Å²) in [5.74, 6) is -0.0562. The Morgan fingerprint density at radius 1 is 0.333 bits per heavy atom. The topological polar surface area (TPSA) is 26.3 Å². The van der Waals surface area contributed by atoms with E-state index in [0.29, 0.717) is 0 Å². The largest absolute Gasteiger partial charge is 0.455 e. The highest BCUT2D eigenvalue weighted by Gasteiger charge is 2.36. The molecule has 11 aromatic rings. The molecule has 0 spiro atoms. The molecule has 2 heteroatoms. The van der Waals surface area contributed by atoms with E-state index in [1.807, 2.05) is 12.1 Å². The lowest BCUT2D eigenvalue weighted by Gasteiger charge is -2.25. The number of fused-ring (bicyclic) bond motifs is 9. The van der Waals surface area contributed by atoms with Crippen LogP contribution in [0.4, 0.5) is 0 Å². The standard InChI is InChI=1S/C58H40O2/c1-58(2)51-34-37(36-14-4-3-5-15-36)28-30-45(51)46-31-29-42(35-52(46)58)55(40-18-10-16-38(32-40)43-22-12-24-49-47-20-6-8-26-53(47)59-56(43)49)41-19-11-17-39(33-41)44-23-13-25-50-48-21-7-9-27-54(48)60-57(44)50/h3-35,55H,1-2H3. The van der Waals surface area contributed by atoms with Crippen LogP contribution in [0.5, 0.6) is 0 Å². The second kappa shape index (κ2) is 13.3. The summed E-state index contributed by atoms with van der Waals surface area (Å²) >= 11 is 0. The van der Waals surface area contributed by atoms with Crippen molar-refractivity contribution in [3.05, 3.63) is 228 Å². The molecular weight excluding hydrogens is 729 g/mol. The second-order valence-corrected chi connectivity index (χ2v) is 16.8. The van der Waals surface area contributed by atoms with Crippen molar-refractivity contribution in [3.63, 3.8) is 0 Å². The summed E-state index contributed by atoms with van der Waals surface area (Å²) in [5, 5.41) is 4.54. The molecule has 9 aromatic carbocycles. The Morgan fingerprint density at radius 3 is 1.40 bits per heavy atom. The third kappa shape index (κ3) is 5.34. The van der Waals surface area contributed by atoms with Gasteiger partial charge >= 0.3 is 0 Å². The lowest BCUT2D eigenvalue weighted by Crippen LogP contribution is -2.16. The molecule has 2 nitrogen and oxygen atoms in total. The molecule has 12 rings (SSSR count). The number of para-hydroxylation sites is 4. The minimum atomic E-state index is -0.187. The zero-order valence-corrected chi connectivity index (χ0v) is 33.4. The van der Waals surface area contributed by atoms with E-state index in [4.69, 9.17) is 8.83 Å². The van der Waals surface area contributed by atoms with Gasteiger partial charge in [-0.15, -0.1) is 0 Å². The molecule has 0 saturated heterocycles. The average molecular weight is 769 g/mol. The lowest BCUT2D eigenvalue weighted by atomic mass is 9.78. The Kier molecular flexibility index (Phi) is 7.68. The highest BCUT2D eigenvalue weighted by atomic mass is 16.3. The van der Waals surface area contributed by atoms with Crippen molar-refractivity contribution in [2.45, 2.75) is 25.2 Å². The molecule has 284 valence electrons. The minimum Gasteiger partial charge on any atom is -0.455 e. The van der Waals surface area contributed by atoms with E-state index < -0.39 is 0 Å². The van der Waals surface area contributed by atoms with Crippen LogP contribution in [0, 0.1) is 0 Å². The predicted molar refractivity (Wildman–Crippen MR) is 249 cm³/mol. The second-order valence-electron chi connectivity index (χ2n) is 16.8. The molecular formula is C58H40O2. The fourth-order valence-electron chi connectivity index (χ4n) is 10.0. The number of rotatable bonds is 6. The van der Waals surface area contributed by atoms with Crippen LogP contribution < -0.4 is 0 Å². The number of hydrogen-bond acceptors (Lipinski definition) is 2. The monoisotopic (exact) mass is 768 g/mol. The van der Waals surface area contributed by atoms with Gasteiger partial charge in [-0.2, -0.15) is 0 Å². The van der Waals surface area contributed by atoms with Gasteiger partial charge in [-0.3, -0.25) is 0 Å². The van der Waals surface area contributed by atoms with Crippen LogP contribution in [0.1, 0.15) is 47.6 Å². The molecule has 2 aromatic heterocycles. The van der Waals surface area contributed by atoms with Crippen molar-refractivity contribution in [1.82, 2.24) is 0 Å². The van der Waals surface area contributed by atoms with Crippen LogP contribution in [-0.2, 0) is 5.41 Å². The molecule has 2 heterocycles. The molecule has 0 radical (unpaired) electrons. The molecule has 0 saturated carbocycles. The summed E-state index contributed by atoms with van der Waals surface area (Å²) in [4.78, 5) is 0. The zero-order valence-electron chi connectivity index (χ0n) is 33.4. The quantitative estimate of drug-likeness (QED) is 0.158. The third-order valence-corrected chi connectivity index (χ3v) is 13.0. The Bertz CT molecular complexity index is 3310. The van der Waals surface area contributed by atoms with Gasteiger partial charge in [-0.05, 0) is 79.4 Å². The molecule has 60 heavy (non-hydrogen) atoms. The maximum absolute atomic E-state index is 6.56. The van der Waals surface area contributed by atoms with E-state index >= 15 is 0 Å². The van der Waals surface area contributed by atoms with E-state index in [9.17, 15) is 0 Å². The van der Waals surface area contributed by atoms with E-state index in [0.717, 1.165) is 66.1 Å². The summed E-state index contributed by atoms with van der Waals surface area (Å²) in [6.45, 7) is 4.77. The van der Waals surface area contributed by atoms with E-state index in [2.05, 4.69) is 202 Å². The normalized spacial score (nSPS) is 13.1. The molecule has 0 fully saturated rings. The van der Waals surface area contributed by atoms with Crippen LogP contribution in [0.2, 0.25) is 0 Å². The fraction of sp³-hybridized carbons (Fsp3) is 0.0690. The number of furan rings is 2. The van der Waals surface area contributed by atoms with E-state index in [1.54, 1.807) is 0 Å². The van der Waals surface area contributed by atoms with Crippen molar-refractivity contribution >= 4 is 43.9 Å². The van der Waals surface area contributed by atoms with Crippen LogP contribution >= 0.6 is 0 Å². The van der Waals surface area contributed by atoms with Crippen LogP contribution in [0.25, 0.3) is 88.4 Å². The first-order valence-corrected chi connectivity index (χ1v) is 20.9. The lowest BCUT2D eigenvalue weighted by molar-refractivity contribution is 0.659. The van der Waals surface area contributed by atoms with Gasteiger partial charge in [0, 0.05) is 44.0 Å². The summed E-state index contributed by atoms with van der Waals surface area (Å²) in [5.41, 5.74) is 19.5. The van der Waals surface area contributed by atoms with Crippen molar-refractivity contribution < 1.29 is 8.83 Å². The van der Waals surface area contributed by atoms with Crippen molar-refractivity contribution in [2.24, 2.45) is 0 Å². The highest BCUT2D eigenvalue weighted by molar-refractivity contribution is 6.10. The summed E-state index contributed by atoms with van der Waals surface area (Å²) < 4.78 is 13.1. The van der Waals surface area contributed by atoms with Crippen LogP contribution in [0.15, 0.2) is 209 Å². The third-order valence-electron chi connectivity index (χ3n) is 13.0. The first kappa shape index (κ1) is 34.6. The summed E-state index contributed by atoms with van der Waals surface area (Å²) in [6.07, 6.45) is 0. The summed E-state index contributed by atoms with van der Waals surface area (Å²) in [6, 6.07) is 72.8. The Labute approximate surface area is 349 Å². The zero-order chi connectivity index (χ0) is 40.0. The van der Waals surface area contributed by atoms with Gasteiger partial charge in [-0.25, -0.2) is 0 Å². The van der Waals surface area contributed by atoms with Gasteiger partial charge < -0.3 is 8.83 Å². The van der Waals surface area contributed by atoms with Gasteiger partial charge in [0.2, 0.25) is 0 Å². The van der Waals surface area contributed by atoms with Crippen molar-refractivity contribution in [1.29, 1.82) is 0 Å². The van der Waals surface area contributed by atoms with Gasteiger partial charge in [0.1, 0.15) is 22.3 Å². The fourth-order valence-corrected chi connectivity index (χ4v) is 10.0. The van der Waals surface area contributed by atoms with Gasteiger partial charge in [0.15, 0.2) is 0 Å². The minimum absolute atomic E-state index is 0.0562. The average Bonchev–Trinajstić information content (AvgIpc) is 3.94. The first-order valence-electron chi connectivity index (χ1n) is 20.9. The van der Waals surface area contributed by atoms with Crippen LogP contribution in [0.3, 0.4) is 0 Å². The van der Waals surface area contributed by atoms with E-state index in [-0.39, 0.29) is 11.3 Å². The first-order chi connectivity index (χ1) is 29.5. The molecule has 1 aliphatic carbocycles. The van der Waals surface area contributed by atoms with Crippen molar-refractivity contribution in [2.75, 3.05) is 0 Å². The maximum atomic E-state index is 6.56. The highest BCUT2D eigenvalue weighted by Crippen LogP contribution is 2.51.